The number of carboxylic acid groups (broad SMARTS) is 1. The smallest absolute Gasteiger partial charge is 0.328 e. The van der Waals surface area contributed by atoms with Crippen LogP contribution in [-0.2, 0) is 16.6 Å². The lowest BCUT2D eigenvalue weighted by atomic mass is 9.86. The summed E-state index contributed by atoms with van der Waals surface area (Å²) in [4.78, 5) is 18.4. The van der Waals surface area contributed by atoms with Crippen LogP contribution in [0.25, 0.3) is 5.57 Å². The van der Waals surface area contributed by atoms with Crippen LogP contribution in [0.5, 0.6) is 0 Å². The van der Waals surface area contributed by atoms with Crippen LogP contribution in [-0.4, -0.2) is 21.0 Å². The fourth-order valence-corrected chi connectivity index (χ4v) is 2.51. The van der Waals surface area contributed by atoms with Crippen molar-refractivity contribution < 1.29 is 9.90 Å². The van der Waals surface area contributed by atoms with Gasteiger partial charge in [-0.2, -0.15) is 0 Å². The third-order valence-corrected chi connectivity index (χ3v) is 3.83. The molecule has 0 aliphatic rings. The van der Waals surface area contributed by atoms with E-state index in [4.69, 9.17) is 5.11 Å². The fraction of sp³-hybridized carbons (Fsp3) is 0.368. The Bertz CT molecular complexity index is 662. The van der Waals surface area contributed by atoms with Crippen molar-refractivity contribution >= 4 is 11.5 Å². The van der Waals surface area contributed by atoms with E-state index in [1.54, 1.807) is 12.4 Å². The molecule has 2 N–H and O–H groups in total. The standard InChI is InChI=1S/C19H24N2O2/c1-19(2,3)16-9-7-14(8-10-16)15(13-18(22)23)5-4-6-17-20-11-12-21-17/h7-13H,4-6H2,1-3H3,(H,20,21)(H,22,23). The molecule has 0 bridgehead atoms. The molecular weight excluding hydrogens is 288 g/mol. The van der Waals surface area contributed by atoms with Crippen LogP contribution in [0.3, 0.4) is 0 Å². The van der Waals surface area contributed by atoms with E-state index < -0.39 is 5.97 Å². The highest BCUT2D eigenvalue weighted by Crippen LogP contribution is 2.26. The highest BCUT2D eigenvalue weighted by molar-refractivity contribution is 5.90. The molecular formula is C19H24N2O2. The third-order valence-electron chi connectivity index (χ3n) is 3.83. The second-order valence-electron chi connectivity index (χ2n) is 6.72. The molecule has 1 aromatic heterocycles. The topological polar surface area (TPSA) is 66.0 Å². The molecule has 0 amide bonds. The molecule has 0 aliphatic carbocycles. The van der Waals surface area contributed by atoms with Crippen molar-refractivity contribution in [3.05, 3.63) is 59.7 Å². The lowest BCUT2D eigenvalue weighted by molar-refractivity contribution is -0.131. The number of aromatic nitrogens is 2. The summed E-state index contributed by atoms with van der Waals surface area (Å²) in [5.74, 6) is 0.0284. The first-order valence-electron chi connectivity index (χ1n) is 7.89. The van der Waals surface area contributed by atoms with Crippen molar-refractivity contribution in [2.75, 3.05) is 0 Å². The second kappa shape index (κ2) is 7.27. The van der Waals surface area contributed by atoms with E-state index in [0.717, 1.165) is 29.8 Å². The van der Waals surface area contributed by atoms with Gasteiger partial charge >= 0.3 is 5.97 Å². The predicted molar refractivity (Wildman–Crippen MR) is 92.3 cm³/mol. The minimum Gasteiger partial charge on any atom is -0.478 e. The van der Waals surface area contributed by atoms with Gasteiger partial charge in [-0.05, 0) is 35.0 Å². The summed E-state index contributed by atoms with van der Waals surface area (Å²) in [5, 5.41) is 9.12. The van der Waals surface area contributed by atoms with Crippen LogP contribution in [0.15, 0.2) is 42.7 Å². The first-order chi connectivity index (χ1) is 10.9. The highest BCUT2D eigenvalue weighted by Gasteiger charge is 2.13. The molecule has 0 saturated heterocycles. The summed E-state index contributed by atoms with van der Waals surface area (Å²) >= 11 is 0. The van der Waals surface area contributed by atoms with Gasteiger partial charge in [0.25, 0.3) is 0 Å². The fourth-order valence-electron chi connectivity index (χ4n) is 2.51. The number of rotatable bonds is 6. The van der Waals surface area contributed by atoms with Crippen LogP contribution in [0.1, 0.15) is 50.6 Å². The van der Waals surface area contributed by atoms with E-state index in [9.17, 15) is 4.79 Å². The molecule has 4 nitrogen and oxygen atoms in total. The summed E-state index contributed by atoms with van der Waals surface area (Å²) in [6, 6.07) is 8.19. The lowest BCUT2D eigenvalue weighted by Crippen LogP contribution is -2.10. The summed E-state index contributed by atoms with van der Waals surface area (Å²) in [6.07, 6.45) is 7.22. The Kier molecular flexibility index (Phi) is 5.37. The summed E-state index contributed by atoms with van der Waals surface area (Å²) in [7, 11) is 0. The number of aliphatic carboxylic acids is 1. The number of imidazole rings is 1. The number of hydrogen-bond donors (Lipinski definition) is 2. The molecule has 0 radical (unpaired) electrons. The summed E-state index contributed by atoms with van der Waals surface area (Å²) in [6.45, 7) is 6.50. The molecule has 0 spiro atoms. The molecule has 4 heteroatoms. The van der Waals surface area contributed by atoms with Gasteiger partial charge in [0.2, 0.25) is 0 Å². The third kappa shape index (κ3) is 5.09. The summed E-state index contributed by atoms with van der Waals surface area (Å²) < 4.78 is 0. The minimum absolute atomic E-state index is 0.0918. The Labute approximate surface area is 137 Å². The van der Waals surface area contributed by atoms with Crippen LogP contribution < -0.4 is 0 Å². The molecule has 2 aromatic rings. The molecule has 0 fully saturated rings. The number of carboxylic acids is 1. The number of allylic oxidation sites excluding steroid dienone is 1. The number of carbonyl (C=O) groups is 1. The van der Waals surface area contributed by atoms with E-state index in [-0.39, 0.29) is 5.41 Å². The highest BCUT2D eigenvalue weighted by atomic mass is 16.4. The van der Waals surface area contributed by atoms with Crippen molar-refractivity contribution in [2.24, 2.45) is 0 Å². The number of benzene rings is 1. The van der Waals surface area contributed by atoms with Crippen LogP contribution in [0.4, 0.5) is 0 Å². The zero-order chi connectivity index (χ0) is 16.9. The van der Waals surface area contributed by atoms with Gasteiger partial charge in [-0.1, -0.05) is 45.0 Å². The molecule has 0 unspecified atom stereocenters. The predicted octanol–water partition coefficient (Wildman–Crippen LogP) is 4.20. The van der Waals surface area contributed by atoms with Gasteiger partial charge in [-0.15, -0.1) is 0 Å². The molecule has 0 atom stereocenters. The van der Waals surface area contributed by atoms with Crippen molar-refractivity contribution in [3.8, 4) is 0 Å². The first-order valence-corrected chi connectivity index (χ1v) is 7.89. The van der Waals surface area contributed by atoms with Crippen molar-refractivity contribution in [2.45, 2.75) is 45.4 Å². The van der Waals surface area contributed by atoms with Crippen molar-refractivity contribution in [1.29, 1.82) is 0 Å². The molecule has 0 saturated carbocycles. The average Bonchev–Trinajstić information content (AvgIpc) is 2.98. The lowest BCUT2D eigenvalue weighted by Gasteiger charge is -2.19. The zero-order valence-electron chi connectivity index (χ0n) is 14.0. The second-order valence-corrected chi connectivity index (χ2v) is 6.72. The first kappa shape index (κ1) is 17.0. The van der Waals surface area contributed by atoms with Gasteiger partial charge in [-0.3, -0.25) is 0 Å². The maximum Gasteiger partial charge on any atom is 0.328 e. The van der Waals surface area contributed by atoms with Gasteiger partial charge in [0.15, 0.2) is 0 Å². The largest absolute Gasteiger partial charge is 0.478 e. The van der Waals surface area contributed by atoms with Crippen molar-refractivity contribution in [1.82, 2.24) is 9.97 Å². The number of nitrogens with one attached hydrogen (secondary N) is 1. The van der Waals surface area contributed by atoms with Gasteiger partial charge in [0, 0.05) is 24.9 Å². The monoisotopic (exact) mass is 312 g/mol. The average molecular weight is 312 g/mol. The van der Waals surface area contributed by atoms with E-state index in [1.807, 2.05) is 12.1 Å². The summed E-state index contributed by atoms with van der Waals surface area (Å²) in [5.41, 5.74) is 3.16. The van der Waals surface area contributed by atoms with Crippen LogP contribution in [0, 0.1) is 0 Å². The van der Waals surface area contributed by atoms with Gasteiger partial charge in [0.1, 0.15) is 5.82 Å². The zero-order valence-corrected chi connectivity index (χ0v) is 14.0. The van der Waals surface area contributed by atoms with Crippen LogP contribution in [0.2, 0.25) is 0 Å². The van der Waals surface area contributed by atoms with E-state index in [1.165, 1.54) is 11.6 Å². The maximum absolute atomic E-state index is 11.1. The Morgan fingerprint density at radius 3 is 2.48 bits per heavy atom. The van der Waals surface area contributed by atoms with E-state index >= 15 is 0 Å². The number of nitrogens with zero attached hydrogens (tertiary/aromatic N) is 1. The quantitative estimate of drug-likeness (QED) is 0.786. The SMILES string of the molecule is CC(C)(C)c1ccc(C(=CC(=O)O)CCCc2ncc[nH]2)cc1. The Morgan fingerprint density at radius 2 is 1.96 bits per heavy atom. The van der Waals surface area contributed by atoms with E-state index in [2.05, 4.69) is 42.9 Å². The Balaban J connectivity index is 2.10. The number of hydrogen-bond acceptors (Lipinski definition) is 2. The van der Waals surface area contributed by atoms with Gasteiger partial charge in [-0.25, -0.2) is 9.78 Å². The Morgan fingerprint density at radius 1 is 1.26 bits per heavy atom. The Hall–Kier alpha value is -2.36. The van der Waals surface area contributed by atoms with Crippen molar-refractivity contribution in [3.63, 3.8) is 0 Å². The molecule has 23 heavy (non-hydrogen) atoms. The number of aromatic amines is 1. The maximum atomic E-state index is 11.1. The normalized spacial score (nSPS) is 12.4. The van der Waals surface area contributed by atoms with Crippen LogP contribution >= 0.6 is 0 Å². The molecule has 0 aliphatic heterocycles. The number of H-pyrrole nitrogens is 1. The molecule has 2 rings (SSSR count). The van der Waals surface area contributed by atoms with Gasteiger partial charge in [0.05, 0.1) is 0 Å². The minimum atomic E-state index is -0.905. The van der Waals surface area contributed by atoms with E-state index in [0.29, 0.717) is 6.42 Å². The molecule has 1 heterocycles. The molecule has 1 aromatic carbocycles. The van der Waals surface area contributed by atoms with Gasteiger partial charge < -0.3 is 10.1 Å². The molecule has 122 valence electrons. The number of aryl methyl sites for hydroxylation is 1.